The molecule has 170 valence electrons. The summed E-state index contributed by atoms with van der Waals surface area (Å²) in [5.74, 6) is 2.50. The van der Waals surface area contributed by atoms with E-state index in [2.05, 4.69) is 121 Å². The fourth-order valence-electron chi connectivity index (χ4n) is 5.08. The zero-order valence-corrected chi connectivity index (χ0v) is 22.6. The molecule has 0 amide bonds. The van der Waals surface area contributed by atoms with E-state index >= 15 is 0 Å². The second-order valence-electron chi connectivity index (χ2n) is 15.5. The Balaban J connectivity index is 2.38. The molecule has 3 heteroatoms. The van der Waals surface area contributed by atoms with Gasteiger partial charge in [-0.2, -0.15) is 0 Å². The third-order valence-corrected chi connectivity index (χ3v) is 18.0. The van der Waals surface area contributed by atoms with Crippen molar-refractivity contribution in [3.05, 3.63) is 81.8 Å². The molecule has 0 saturated heterocycles. The molecule has 3 rings (SSSR count). The number of para-hydroxylation sites is 2. The van der Waals surface area contributed by atoms with Crippen molar-refractivity contribution in [1.82, 2.24) is 0 Å². The predicted molar refractivity (Wildman–Crippen MR) is 133 cm³/mol. The molecule has 2 aromatic carbocycles. The Kier molecular flexibility index (Phi) is 4.30. The van der Waals surface area contributed by atoms with Crippen molar-refractivity contribution in [2.24, 2.45) is 0 Å². The topological polar surface area (TPSA) is 18.5 Å². The first-order valence-corrected chi connectivity index (χ1v) is 21.7. The molecule has 31 heavy (non-hydrogen) atoms. The summed E-state index contributed by atoms with van der Waals surface area (Å²) in [7, 11) is 0. The van der Waals surface area contributed by atoms with Crippen LogP contribution in [0.3, 0.4) is 0 Å². The first-order chi connectivity index (χ1) is 13.9. The van der Waals surface area contributed by atoms with Crippen LogP contribution in [0.15, 0.2) is 70.6 Å². The van der Waals surface area contributed by atoms with Gasteiger partial charge in [-0.05, 0) is 0 Å². The number of hydrogen-bond donors (Lipinski definition) is 0. The van der Waals surface area contributed by atoms with Gasteiger partial charge < -0.3 is 0 Å². The van der Waals surface area contributed by atoms with Gasteiger partial charge in [0, 0.05) is 0 Å². The summed E-state index contributed by atoms with van der Waals surface area (Å²) in [5.41, 5.74) is 2.40. The molecule has 0 spiro atoms. The Morgan fingerprint density at radius 3 is 1.45 bits per heavy atom. The number of rotatable bonds is 7. The molecule has 0 atom stereocenters. The summed E-state index contributed by atoms with van der Waals surface area (Å²) in [5, 5.41) is 11.4. The monoisotopic (exact) mass is 458 g/mol. The normalized spacial score (nSPS) is 19.3. The van der Waals surface area contributed by atoms with E-state index in [9.17, 15) is 0 Å². The maximum atomic E-state index is 7.50. The molecule has 1 aliphatic rings. The Bertz CT molecular complexity index is 1060. The van der Waals surface area contributed by atoms with Gasteiger partial charge in [-0.3, -0.25) is 0 Å². The van der Waals surface area contributed by atoms with E-state index in [0.29, 0.717) is 11.8 Å². The third kappa shape index (κ3) is 4.30. The number of benzene rings is 2. The first kappa shape index (κ1) is 23.9. The average Bonchev–Trinajstić information content (AvgIpc) is 3.18. The van der Waals surface area contributed by atoms with E-state index in [1.54, 1.807) is 0 Å². The molecule has 0 radical (unpaired) electrons. The molecule has 0 saturated carbocycles. The van der Waals surface area contributed by atoms with E-state index in [0.717, 1.165) is 17.9 Å². The molecule has 0 N–H and O–H groups in total. The van der Waals surface area contributed by atoms with Gasteiger partial charge in [0.25, 0.3) is 0 Å². The van der Waals surface area contributed by atoms with Crippen LogP contribution >= 0.6 is 0 Å². The predicted octanol–water partition coefficient (Wildman–Crippen LogP) is 9.60. The van der Waals surface area contributed by atoms with Crippen molar-refractivity contribution in [2.45, 2.75) is 72.1 Å². The SMILES string of the molecule is CC(C)c1ccccc1[O][Ti]([CH3])([CH3])([CH3])([CH3])([CH3])([O]c1ccccc1C(C)C)[C]1=CC=CC1. The van der Waals surface area contributed by atoms with Gasteiger partial charge in [-0.1, -0.05) is 0 Å². The van der Waals surface area contributed by atoms with Crippen LogP contribution in [0.4, 0.5) is 0 Å². The molecular formula is C28H42O2Ti. The van der Waals surface area contributed by atoms with Crippen LogP contribution in [-0.4, -0.2) is 0 Å². The zero-order valence-electron chi connectivity index (χ0n) is 21.0. The summed E-state index contributed by atoms with van der Waals surface area (Å²) in [6.45, 7) is 8.85. The first-order valence-electron chi connectivity index (χ1n) is 11.8. The van der Waals surface area contributed by atoms with Crippen LogP contribution in [0.25, 0.3) is 0 Å². The van der Waals surface area contributed by atoms with E-state index in [1.165, 1.54) is 15.0 Å². The molecule has 0 bridgehead atoms. The van der Waals surface area contributed by atoms with Gasteiger partial charge in [0.05, 0.1) is 0 Å². The van der Waals surface area contributed by atoms with Gasteiger partial charge >= 0.3 is 184 Å². The average molecular weight is 459 g/mol. The van der Waals surface area contributed by atoms with Gasteiger partial charge in [0.15, 0.2) is 0 Å². The van der Waals surface area contributed by atoms with Crippen molar-refractivity contribution in [3.63, 3.8) is 0 Å². The van der Waals surface area contributed by atoms with Crippen molar-refractivity contribution < 1.29 is 18.9 Å². The molecule has 0 aromatic heterocycles. The standard InChI is InChI=1S/2C9H12O.C5H5.5CH3.Ti/c2*1-7(2)8-5-3-4-6-9(8)10;1-2-4-5-3-1;;;;;;/h2*3-7,10H,1-2H3;1-3H,4H2;5*1H3;/q;;;;;;;;+2/p-2. The maximum absolute atomic E-state index is 7.50. The van der Waals surface area contributed by atoms with Crippen molar-refractivity contribution in [1.29, 1.82) is 0 Å². The van der Waals surface area contributed by atoms with Crippen LogP contribution in [0.2, 0.25) is 26.1 Å². The fourth-order valence-corrected chi connectivity index (χ4v) is 13.9. The van der Waals surface area contributed by atoms with Gasteiger partial charge in [-0.15, -0.1) is 0 Å². The molecule has 2 aromatic rings. The summed E-state index contributed by atoms with van der Waals surface area (Å²) in [6, 6.07) is 16.8. The van der Waals surface area contributed by atoms with Crippen LogP contribution in [0.1, 0.15) is 57.1 Å². The van der Waals surface area contributed by atoms with Gasteiger partial charge in [-0.25, -0.2) is 0 Å². The number of hydrogen-bond acceptors (Lipinski definition) is 2. The van der Waals surface area contributed by atoms with E-state index < -0.39 is 12.2 Å². The molecule has 2 nitrogen and oxygen atoms in total. The Morgan fingerprint density at radius 2 is 1.10 bits per heavy atom. The van der Waals surface area contributed by atoms with Crippen LogP contribution in [0, 0.1) is 0 Å². The fraction of sp³-hybridized carbons (Fsp3) is 0.429. The van der Waals surface area contributed by atoms with E-state index in [4.69, 9.17) is 6.64 Å². The molecular weight excluding hydrogens is 416 g/mol. The Hall–Kier alpha value is -1.77. The van der Waals surface area contributed by atoms with E-state index in [1.807, 2.05) is 0 Å². The Morgan fingerprint density at radius 1 is 0.677 bits per heavy atom. The molecule has 0 unspecified atom stereocenters. The van der Waals surface area contributed by atoms with Crippen LogP contribution in [0.5, 0.6) is 11.5 Å². The summed E-state index contributed by atoms with van der Waals surface area (Å²) in [4.78, 5) is 0. The van der Waals surface area contributed by atoms with Crippen molar-refractivity contribution in [3.8, 4) is 11.5 Å². The summed E-state index contributed by atoms with van der Waals surface area (Å²) in [6.07, 6.45) is 7.38. The Labute approximate surface area is 183 Å². The minimum absolute atomic E-state index is 0.345. The van der Waals surface area contributed by atoms with Gasteiger partial charge in [0.1, 0.15) is 0 Å². The second kappa shape index (κ2) is 5.58. The summed E-state index contributed by atoms with van der Waals surface area (Å²) < 4.78 is 16.2. The molecule has 0 fully saturated rings. The van der Waals surface area contributed by atoms with Crippen LogP contribution < -0.4 is 6.64 Å². The van der Waals surface area contributed by atoms with E-state index in [-0.39, 0.29) is 0 Å². The molecule has 0 heterocycles. The van der Waals surface area contributed by atoms with Crippen LogP contribution in [-0.2, 0) is 12.2 Å². The second-order valence-corrected chi connectivity index (χ2v) is 43.9. The molecule has 0 aliphatic heterocycles. The summed E-state index contributed by atoms with van der Waals surface area (Å²) >= 11 is -5.84. The van der Waals surface area contributed by atoms with Crippen molar-refractivity contribution in [2.75, 3.05) is 0 Å². The van der Waals surface area contributed by atoms with Gasteiger partial charge in [0.2, 0.25) is 0 Å². The number of allylic oxidation sites excluding steroid dienone is 4. The quantitative estimate of drug-likeness (QED) is 0.385. The minimum atomic E-state index is -5.84. The third-order valence-electron chi connectivity index (χ3n) is 7.15. The molecule has 1 aliphatic carbocycles. The zero-order chi connectivity index (χ0) is 23.3. The van der Waals surface area contributed by atoms with Crippen molar-refractivity contribution >= 4 is 0 Å².